The van der Waals surface area contributed by atoms with Gasteiger partial charge in [-0.05, 0) is 11.6 Å². The van der Waals surface area contributed by atoms with Gasteiger partial charge in [0.25, 0.3) is 10.2 Å². The molecule has 0 heterocycles. The number of nitrogens with one attached hydrogen (secondary N) is 1. The maximum absolute atomic E-state index is 12.3. The zero-order chi connectivity index (χ0) is 16.2. The summed E-state index contributed by atoms with van der Waals surface area (Å²) in [5, 5.41) is 0. The summed E-state index contributed by atoms with van der Waals surface area (Å²) in [5.74, 6) is 0.637. The van der Waals surface area contributed by atoms with Gasteiger partial charge in [0.1, 0.15) is 5.75 Å². The minimum Gasteiger partial charge on any atom is -0.496 e. The van der Waals surface area contributed by atoms with Crippen LogP contribution in [0.25, 0.3) is 0 Å². The van der Waals surface area contributed by atoms with Gasteiger partial charge in [0.15, 0.2) is 0 Å². The number of methoxy groups -OCH3 is 1. The van der Waals surface area contributed by atoms with Crippen molar-refractivity contribution >= 4 is 10.2 Å². The van der Waals surface area contributed by atoms with Crippen molar-refractivity contribution in [2.45, 2.75) is 6.04 Å². The van der Waals surface area contributed by atoms with Crippen molar-refractivity contribution in [3.63, 3.8) is 0 Å². The van der Waals surface area contributed by atoms with Crippen LogP contribution < -0.4 is 9.46 Å². The number of nitrogens with zero attached hydrogens (tertiary/aromatic N) is 1. The summed E-state index contributed by atoms with van der Waals surface area (Å²) in [7, 11) is 0.965. The topological polar surface area (TPSA) is 58.6 Å². The molecule has 1 N–H and O–H groups in total. The van der Waals surface area contributed by atoms with Crippen LogP contribution in [-0.2, 0) is 10.2 Å². The predicted molar refractivity (Wildman–Crippen MR) is 87.0 cm³/mol. The smallest absolute Gasteiger partial charge is 0.279 e. The molecule has 1 unspecified atom stereocenters. The molecule has 0 aliphatic rings. The second kappa shape index (κ2) is 6.91. The summed E-state index contributed by atoms with van der Waals surface area (Å²) < 4.78 is 33.8. The Labute approximate surface area is 131 Å². The fraction of sp³-hybridized carbons (Fsp3) is 0.250. The number of para-hydroxylation sites is 1. The molecule has 0 spiro atoms. The zero-order valence-electron chi connectivity index (χ0n) is 12.9. The highest BCUT2D eigenvalue weighted by Crippen LogP contribution is 2.30. The number of hydrogen-bond acceptors (Lipinski definition) is 3. The first-order valence-corrected chi connectivity index (χ1v) is 8.27. The maximum atomic E-state index is 12.3. The Kier molecular flexibility index (Phi) is 5.18. The van der Waals surface area contributed by atoms with Crippen molar-refractivity contribution in [3.8, 4) is 5.75 Å². The van der Waals surface area contributed by atoms with E-state index in [2.05, 4.69) is 4.72 Å². The van der Waals surface area contributed by atoms with Crippen LogP contribution in [0.1, 0.15) is 17.2 Å². The molecular formula is C16H20N2O3S. The van der Waals surface area contributed by atoms with Gasteiger partial charge in [0.05, 0.1) is 13.2 Å². The number of rotatable bonds is 6. The van der Waals surface area contributed by atoms with E-state index in [0.29, 0.717) is 5.75 Å². The average Bonchev–Trinajstić information content (AvgIpc) is 2.53. The lowest BCUT2D eigenvalue weighted by molar-refractivity contribution is 0.406. The summed E-state index contributed by atoms with van der Waals surface area (Å²) in [6, 6.07) is 16.3. The lowest BCUT2D eigenvalue weighted by atomic mass is 9.99. The summed E-state index contributed by atoms with van der Waals surface area (Å²) in [4.78, 5) is 0. The Morgan fingerprint density at radius 3 is 2.18 bits per heavy atom. The van der Waals surface area contributed by atoms with E-state index in [0.717, 1.165) is 15.4 Å². The molecule has 5 nitrogen and oxygen atoms in total. The highest BCUT2D eigenvalue weighted by Gasteiger charge is 2.24. The molecule has 0 saturated carbocycles. The molecule has 6 heteroatoms. The number of benzene rings is 2. The fourth-order valence-corrected chi connectivity index (χ4v) is 2.89. The van der Waals surface area contributed by atoms with Crippen molar-refractivity contribution in [3.05, 3.63) is 65.7 Å². The summed E-state index contributed by atoms with van der Waals surface area (Å²) in [6.45, 7) is 0. The summed E-state index contributed by atoms with van der Waals surface area (Å²) in [5.41, 5.74) is 1.61. The Morgan fingerprint density at radius 2 is 1.59 bits per heavy atom. The molecule has 0 saturated heterocycles. The van der Waals surface area contributed by atoms with E-state index in [-0.39, 0.29) is 0 Å². The van der Waals surface area contributed by atoms with Crippen molar-refractivity contribution in [2.75, 3.05) is 21.2 Å². The van der Waals surface area contributed by atoms with Gasteiger partial charge >= 0.3 is 0 Å². The quantitative estimate of drug-likeness (QED) is 0.887. The fourth-order valence-electron chi connectivity index (χ4n) is 2.12. The minimum atomic E-state index is -3.59. The molecule has 0 aliphatic carbocycles. The standard InChI is InChI=1S/C16H20N2O3S/c1-18(2)22(19,20)17-16(13-9-5-4-6-10-13)14-11-7-8-12-15(14)21-3/h4-12,16-17H,1-3H3. The van der Waals surface area contributed by atoms with Crippen LogP contribution in [0.3, 0.4) is 0 Å². The molecular weight excluding hydrogens is 300 g/mol. The molecule has 0 aromatic heterocycles. The first kappa shape index (κ1) is 16.5. The summed E-state index contributed by atoms with van der Waals surface area (Å²) in [6.07, 6.45) is 0. The molecule has 2 rings (SSSR count). The Hall–Kier alpha value is -1.89. The molecule has 118 valence electrons. The van der Waals surface area contributed by atoms with Gasteiger partial charge in [-0.15, -0.1) is 0 Å². The maximum Gasteiger partial charge on any atom is 0.279 e. The van der Waals surface area contributed by atoms with Gasteiger partial charge in [0.2, 0.25) is 0 Å². The third-order valence-corrected chi connectivity index (χ3v) is 4.83. The molecule has 0 amide bonds. The molecule has 0 fully saturated rings. The van der Waals surface area contributed by atoms with Crippen LogP contribution in [0, 0.1) is 0 Å². The van der Waals surface area contributed by atoms with E-state index in [9.17, 15) is 8.42 Å². The van der Waals surface area contributed by atoms with Crippen molar-refractivity contribution in [1.29, 1.82) is 0 Å². The van der Waals surface area contributed by atoms with E-state index in [4.69, 9.17) is 4.74 Å². The van der Waals surface area contributed by atoms with Gasteiger partial charge in [-0.1, -0.05) is 48.5 Å². The Morgan fingerprint density at radius 1 is 1.00 bits per heavy atom. The molecule has 2 aromatic carbocycles. The lowest BCUT2D eigenvalue weighted by Crippen LogP contribution is -2.38. The molecule has 0 radical (unpaired) electrons. The van der Waals surface area contributed by atoms with Crippen molar-refractivity contribution in [1.82, 2.24) is 9.03 Å². The molecule has 0 bridgehead atoms. The largest absolute Gasteiger partial charge is 0.496 e. The second-order valence-electron chi connectivity index (χ2n) is 4.99. The normalized spacial score (nSPS) is 13.1. The third-order valence-electron chi connectivity index (χ3n) is 3.33. The zero-order valence-corrected chi connectivity index (χ0v) is 13.7. The van der Waals surface area contributed by atoms with Crippen molar-refractivity contribution < 1.29 is 13.2 Å². The Balaban J connectivity index is 2.52. The molecule has 22 heavy (non-hydrogen) atoms. The van der Waals surface area contributed by atoms with Gasteiger partial charge in [-0.3, -0.25) is 0 Å². The molecule has 2 aromatic rings. The van der Waals surface area contributed by atoms with Gasteiger partial charge < -0.3 is 4.74 Å². The number of hydrogen-bond donors (Lipinski definition) is 1. The van der Waals surface area contributed by atoms with E-state index in [1.807, 2.05) is 54.6 Å². The van der Waals surface area contributed by atoms with Crippen LogP contribution in [-0.4, -0.2) is 33.9 Å². The highest BCUT2D eigenvalue weighted by molar-refractivity contribution is 7.87. The van der Waals surface area contributed by atoms with E-state index in [1.54, 1.807) is 7.11 Å². The van der Waals surface area contributed by atoms with Crippen LogP contribution in [0.5, 0.6) is 5.75 Å². The van der Waals surface area contributed by atoms with Crippen LogP contribution >= 0.6 is 0 Å². The van der Waals surface area contributed by atoms with Gasteiger partial charge in [-0.2, -0.15) is 17.4 Å². The summed E-state index contributed by atoms with van der Waals surface area (Å²) >= 11 is 0. The van der Waals surface area contributed by atoms with Crippen molar-refractivity contribution in [2.24, 2.45) is 0 Å². The lowest BCUT2D eigenvalue weighted by Gasteiger charge is -2.23. The van der Waals surface area contributed by atoms with Crippen LogP contribution in [0.15, 0.2) is 54.6 Å². The van der Waals surface area contributed by atoms with E-state index < -0.39 is 16.3 Å². The van der Waals surface area contributed by atoms with Gasteiger partial charge in [-0.25, -0.2) is 0 Å². The van der Waals surface area contributed by atoms with Crippen LogP contribution in [0.4, 0.5) is 0 Å². The Bertz CT molecular complexity index is 715. The average molecular weight is 320 g/mol. The highest BCUT2D eigenvalue weighted by atomic mass is 32.2. The van der Waals surface area contributed by atoms with Gasteiger partial charge in [0, 0.05) is 19.7 Å². The number of ether oxygens (including phenoxy) is 1. The minimum absolute atomic E-state index is 0.523. The van der Waals surface area contributed by atoms with Crippen LogP contribution in [0.2, 0.25) is 0 Å². The first-order chi connectivity index (χ1) is 10.5. The molecule has 1 atom stereocenters. The predicted octanol–water partition coefficient (Wildman–Crippen LogP) is 2.18. The van der Waals surface area contributed by atoms with E-state index >= 15 is 0 Å². The molecule has 0 aliphatic heterocycles. The monoisotopic (exact) mass is 320 g/mol. The van der Waals surface area contributed by atoms with E-state index in [1.165, 1.54) is 14.1 Å². The second-order valence-corrected chi connectivity index (χ2v) is 6.91. The third kappa shape index (κ3) is 3.65. The SMILES string of the molecule is COc1ccccc1C(NS(=O)(=O)N(C)C)c1ccccc1. The first-order valence-electron chi connectivity index (χ1n) is 6.83.